The SMILES string of the molecule is O=C(O)[C@@H]1C2C=CC(C2)[C@@H]1C(=O)N1CCc2ccccc21. The molecule has 4 rings (SSSR count). The highest BCUT2D eigenvalue weighted by atomic mass is 16.4. The van der Waals surface area contributed by atoms with Crippen molar-refractivity contribution in [1.82, 2.24) is 0 Å². The van der Waals surface area contributed by atoms with Gasteiger partial charge in [-0.3, -0.25) is 9.59 Å². The molecule has 1 N–H and O–H groups in total. The summed E-state index contributed by atoms with van der Waals surface area (Å²) in [6.07, 6.45) is 5.68. The number of carbonyl (C=O) groups is 2. The number of aliphatic carboxylic acids is 1. The minimum atomic E-state index is -0.835. The van der Waals surface area contributed by atoms with Crippen molar-refractivity contribution in [2.45, 2.75) is 12.8 Å². The Morgan fingerprint density at radius 1 is 1.10 bits per heavy atom. The molecule has 0 aromatic heterocycles. The van der Waals surface area contributed by atoms with E-state index in [0.717, 1.165) is 18.5 Å². The van der Waals surface area contributed by atoms with Crippen LogP contribution in [0.25, 0.3) is 0 Å². The number of para-hydroxylation sites is 1. The number of allylic oxidation sites excluding steroid dienone is 2. The highest BCUT2D eigenvalue weighted by Gasteiger charge is 2.53. The molecule has 1 fully saturated rings. The van der Waals surface area contributed by atoms with E-state index in [0.29, 0.717) is 6.54 Å². The molecular formula is C17H17NO3. The number of fused-ring (bicyclic) bond motifs is 3. The van der Waals surface area contributed by atoms with Crippen LogP contribution < -0.4 is 4.90 Å². The third-order valence-corrected chi connectivity index (χ3v) is 5.18. The van der Waals surface area contributed by atoms with Crippen molar-refractivity contribution in [3.63, 3.8) is 0 Å². The number of carbonyl (C=O) groups excluding carboxylic acids is 1. The van der Waals surface area contributed by atoms with Gasteiger partial charge in [-0.1, -0.05) is 30.4 Å². The molecule has 1 heterocycles. The molecule has 1 aromatic rings. The number of hydrogen-bond acceptors (Lipinski definition) is 2. The van der Waals surface area contributed by atoms with E-state index < -0.39 is 17.8 Å². The average Bonchev–Trinajstić information content (AvgIpc) is 3.19. The largest absolute Gasteiger partial charge is 0.481 e. The zero-order valence-electron chi connectivity index (χ0n) is 11.6. The van der Waals surface area contributed by atoms with Gasteiger partial charge in [-0.05, 0) is 36.3 Å². The summed E-state index contributed by atoms with van der Waals surface area (Å²) in [5.74, 6) is -1.68. The van der Waals surface area contributed by atoms with Crippen molar-refractivity contribution < 1.29 is 14.7 Å². The molecule has 2 bridgehead atoms. The molecule has 1 saturated carbocycles. The molecule has 1 aliphatic heterocycles. The minimum absolute atomic E-state index is 0.01000. The van der Waals surface area contributed by atoms with Crippen LogP contribution in [0.1, 0.15) is 12.0 Å². The fraction of sp³-hybridized carbons (Fsp3) is 0.412. The Kier molecular flexibility index (Phi) is 2.67. The summed E-state index contributed by atoms with van der Waals surface area (Å²) in [5, 5.41) is 9.49. The van der Waals surface area contributed by atoms with Crippen LogP contribution in [-0.2, 0) is 16.0 Å². The molecule has 4 nitrogen and oxygen atoms in total. The molecule has 2 aliphatic carbocycles. The van der Waals surface area contributed by atoms with E-state index in [4.69, 9.17) is 0 Å². The first-order valence-electron chi connectivity index (χ1n) is 7.47. The predicted octanol–water partition coefficient (Wildman–Crippen LogP) is 2.10. The van der Waals surface area contributed by atoms with E-state index >= 15 is 0 Å². The second-order valence-corrected chi connectivity index (χ2v) is 6.21. The fourth-order valence-electron chi connectivity index (χ4n) is 4.24. The Morgan fingerprint density at radius 3 is 2.57 bits per heavy atom. The van der Waals surface area contributed by atoms with E-state index in [1.165, 1.54) is 5.56 Å². The van der Waals surface area contributed by atoms with Crippen LogP contribution in [0, 0.1) is 23.7 Å². The third kappa shape index (κ3) is 1.75. The predicted molar refractivity (Wildman–Crippen MR) is 77.9 cm³/mol. The Morgan fingerprint density at radius 2 is 1.81 bits per heavy atom. The first kappa shape index (κ1) is 12.6. The van der Waals surface area contributed by atoms with Gasteiger partial charge < -0.3 is 10.0 Å². The molecule has 4 atom stereocenters. The number of carboxylic acid groups (broad SMARTS) is 1. The Hall–Kier alpha value is -2.10. The number of carboxylic acids is 1. The summed E-state index contributed by atoms with van der Waals surface area (Å²) >= 11 is 0. The normalized spacial score (nSPS) is 32.5. The van der Waals surface area contributed by atoms with Crippen LogP contribution in [-0.4, -0.2) is 23.5 Å². The van der Waals surface area contributed by atoms with Crippen molar-refractivity contribution in [3.8, 4) is 0 Å². The van der Waals surface area contributed by atoms with E-state index in [1.807, 2.05) is 36.4 Å². The number of hydrogen-bond donors (Lipinski definition) is 1. The van der Waals surface area contributed by atoms with Crippen molar-refractivity contribution in [2.75, 3.05) is 11.4 Å². The molecule has 0 spiro atoms. The van der Waals surface area contributed by atoms with Crippen LogP contribution in [0.15, 0.2) is 36.4 Å². The number of amides is 1. The highest BCUT2D eigenvalue weighted by molar-refractivity contribution is 5.99. The molecule has 108 valence electrons. The molecule has 1 amide bonds. The summed E-state index contributed by atoms with van der Waals surface area (Å²) in [7, 11) is 0. The zero-order valence-corrected chi connectivity index (χ0v) is 11.6. The second kappa shape index (κ2) is 4.45. The summed E-state index contributed by atoms with van der Waals surface area (Å²) < 4.78 is 0. The maximum atomic E-state index is 12.9. The van der Waals surface area contributed by atoms with Crippen molar-refractivity contribution in [3.05, 3.63) is 42.0 Å². The smallest absolute Gasteiger partial charge is 0.307 e. The van der Waals surface area contributed by atoms with Crippen LogP contribution in [0.4, 0.5) is 5.69 Å². The van der Waals surface area contributed by atoms with E-state index in [2.05, 4.69) is 0 Å². The van der Waals surface area contributed by atoms with Crippen LogP contribution in [0.3, 0.4) is 0 Å². The molecular weight excluding hydrogens is 266 g/mol. The molecule has 2 unspecified atom stereocenters. The molecule has 0 radical (unpaired) electrons. The van der Waals surface area contributed by atoms with Gasteiger partial charge in [0.05, 0.1) is 11.8 Å². The molecule has 21 heavy (non-hydrogen) atoms. The molecule has 1 aromatic carbocycles. The van der Waals surface area contributed by atoms with Crippen molar-refractivity contribution in [1.29, 1.82) is 0 Å². The molecule has 4 heteroatoms. The quantitative estimate of drug-likeness (QED) is 0.846. The lowest BCUT2D eigenvalue weighted by Crippen LogP contribution is -2.42. The van der Waals surface area contributed by atoms with Crippen LogP contribution in [0.5, 0.6) is 0 Å². The summed E-state index contributed by atoms with van der Waals surface area (Å²) in [6, 6.07) is 7.91. The number of rotatable bonds is 2. The lowest BCUT2D eigenvalue weighted by molar-refractivity contribution is -0.147. The highest BCUT2D eigenvalue weighted by Crippen LogP contribution is 2.49. The topological polar surface area (TPSA) is 57.6 Å². The minimum Gasteiger partial charge on any atom is -0.481 e. The third-order valence-electron chi connectivity index (χ3n) is 5.18. The van der Waals surface area contributed by atoms with Gasteiger partial charge in [-0.25, -0.2) is 0 Å². The first-order valence-corrected chi connectivity index (χ1v) is 7.47. The molecule has 3 aliphatic rings. The van der Waals surface area contributed by atoms with E-state index in [9.17, 15) is 14.7 Å². The summed E-state index contributed by atoms with van der Waals surface area (Å²) in [5.41, 5.74) is 2.13. The summed E-state index contributed by atoms with van der Waals surface area (Å²) in [4.78, 5) is 26.3. The van der Waals surface area contributed by atoms with Crippen LogP contribution >= 0.6 is 0 Å². The van der Waals surface area contributed by atoms with E-state index in [-0.39, 0.29) is 17.7 Å². The van der Waals surface area contributed by atoms with Gasteiger partial charge in [0, 0.05) is 12.2 Å². The lowest BCUT2D eigenvalue weighted by atomic mass is 9.82. The zero-order chi connectivity index (χ0) is 14.6. The van der Waals surface area contributed by atoms with Gasteiger partial charge in [-0.2, -0.15) is 0 Å². The van der Waals surface area contributed by atoms with E-state index in [1.54, 1.807) is 4.90 Å². The van der Waals surface area contributed by atoms with Crippen LogP contribution in [0.2, 0.25) is 0 Å². The molecule has 0 saturated heterocycles. The number of nitrogens with zero attached hydrogens (tertiary/aromatic N) is 1. The van der Waals surface area contributed by atoms with Crippen molar-refractivity contribution in [2.24, 2.45) is 23.7 Å². The van der Waals surface area contributed by atoms with Gasteiger partial charge >= 0.3 is 5.97 Å². The van der Waals surface area contributed by atoms with Gasteiger partial charge in [-0.15, -0.1) is 0 Å². The van der Waals surface area contributed by atoms with Gasteiger partial charge in [0.15, 0.2) is 0 Å². The lowest BCUT2D eigenvalue weighted by Gasteiger charge is -2.28. The monoisotopic (exact) mass is 283 g/mol. The van der Waals surface area contributed by atoms with Gasteiger partial charge in [0.25, 0.3) is 0 Å². The Balaban J connectivity index is 1.67. The van der Waals surface area contributed by atoms with Crippen molar-refractivity contribution >= 4 is 17.6 Å². The van der Waals surface area contributed by atoms with Gasteiger partial charge in [0.2, 0.25) is 5.91 Å². The Labute approximate surface area is 123 Å². The average molecular weight is 283 g/mol. The maximum Gasteiger partial charge on any atom is 0.307 e. The standard InChI is InChI=1S/C17H17NO3/c19-16(18-8-7-10-3-1-2-4-13(10)18)14-11-5-6-12(9-11)15(14)17(20)21/h1-6,11-12,14-15H,7-9H2,(H,20,21)/t11?,12?,14-,15+/m0/s1. The fourth-order valence-corrected chi connectivity index (χ4v) is 4.24. The number of anilines is 1. The first-order chi connectivity index (χ1) is 10.2. The maximum absolute atomic E-state index is 12.9. The number of benzene rings is 1. The Bertz CT molecular complexity index is 651. The summed E-state index contributed by atoms with van der Waals surface area (Å²) in [6.45, 7) is 0.669. The van der Waals surface area contributed by atoms with Gasteiger partial charge in [0.1, 0.15) is 0 Å². The second-order valence-electron chi connectivity index (χ2n) is 6.21.